The molecule has 0 aliphatic rings. The third-order valence-corrected chi connectivity index (χ3v) is 4.24. The van der Waals surface area contributed by atoms with E-state index in [0.29, 0.717) is 12.1 Å². The molecule has 0 atom stereocenters. The second-order valence-corrected chi connectivity index (χ2v) is 5.28. The van der Waals surface area contributed by atoms with Gasteiger partial charge in [0.2, 0.25) is 0 Å². The molecule has 0 aliphatic heterocycles. The second-order valence-electron chi connectivity index (χ2n) is 3.57. The minimum absolute atomic E-state index is 0.184. The number of rotatable bonds is 3. The molecular formula is C13H10Br2FN. The first kappa shape index (κ1) is 12.6. The quantitative estimate of drug-likeness (QED) is 0.817. The van der Waals surface area contributed by atoms with E-state index in [1.807, 2.05) is 24.3 Å². The Morgan fingerprint density at radius 1 is 1.00 bits per heavy atom. The van der Waals surface area contributed by atoms with Gasteiger partial charge in [-0.1, -0.05) is 18.2 Å². The molecule has 2 aromatic rings. The van der Waals surface area contributed by atoms with Crippen LogP contribution in [0.1, 0.15) is 5.56 Å². The van der Waals surface area contributed by atoms with Gasteiger partial charge in [0.25, 0.3) is 0 Å². The van der Waals surface area contributed by atoms with Gasteiger partial charge in [0.15, 0.2) is 0 Å². The lowest BCUT2D eigenvalue weighted by molar-refractivity contribution is 0.613. The van der Waals surface area contributed by atoms with Crippen LogP contribution in [-0.2, 0) is 6.54 Å². The molecule has 0 bridgehead atoms. The molecule has 1 N–H and O–H groups in total. The summed E-state index contributed by atoms with van der Waals surface area (Å²) in [7, 11) is 0. The maximum atomic E-state index is 13.4. The summed E-state index contributed by atoms with van der Waals surface area (Å²) in [5.41, 5.74) is 1.61. The molecule has 0 spiro atoms. The van der Waals surface area contributed by atoms with Crippen molar-refractivity contribution < 1.29 is 4.39 Å². The Balaban J connectivity index is 2.08. The highest BCUT2D eigenvalue weighted by Crippen LogP contribution is 2.26. The van der Waals surface area contributed by atoms with Crippen LogP contribution in [0.3, 0.4) is 0 Å². The van der Waals surface area contributed by atoms with Crippen molar-refractivity contribution in [3.63, 3.8) is 0 Å². The molecule has 2 rings (SSSR count). The zero-order chi connectivity index (χ0) is 12.3. The molecule has 0 saturated carbocycles. The summed E-state index contributed by atoms with van der Waals surface area (Å²) in [6.45, 7) is 0.473. The summed E-state index contributed by atoms with van der Waals surface area (Å²) in [4.78, 5) is 0. The van der Waals surface area contributed by atoms with Gasteiger partial charge in [-0.05, 0) is 56.1 Å². The van der Waals surface area contributed by atoms with Crippen LogP contribution in [-0.4, -0.2) is 0 Å². The van der Waals surface area contributed by atoms with E-state index in [0.717, 1.165) is 14.6 Å². The van der Waals surface area contributed by atoms with Crippen LogP contribution in [0.15, 0.2) is 51.4 Å². The Morgan fingerprint density at radius 2 is 1.76 bits per heavy atom. The second kappa shape index (κ2) is 5.65. The van der Waals surface area contributed by atoms with E-state index >= 15 is 0 Å². The topological polar surface area (TPSA) is 12.0 Å². The molecule has 0 heterocycles. The number of benzene rings is 2. The van der Waals surface area contributed by atoms with Crippen molar-refractivity contribution in [1.29, 1.82) is 0 Å². The lowest BCUT2D eigenvalue weighted by Gasteiger charge is -2.08. The van der Waals surface area contributed by atoms with E-state index in [1.165, 1.54) is 6.07 Å². The van der Waals surface area contributed by atoms with Gasteiger partial charge in [0.1, 0.15) is 5.82 Å². The van der Waals surface area contributed by atoms with E-state index in [2.05, 4.69) is 37.2 Å². The number of nitrogens with one attached hydrogen (secondary N) is 1. The van der Waals surface area contributed by atoms with Crippen LogP contribution >= 0.6 is 31.9 Å². The standard InChI is InChI=1S/C13H10Br2FN/c14-11-6-5-10(7-12(11)15)17-8-9-3-1-2-4-13(9)16/h1-7,17H,8H2. The Hall–Kier alpha value is -0.870. The summed E-state index contributed by atoms with van der Waals surface area (Å²) >= 11 is 6.83. The number of hydrogen-bond donors (Lipinski definition) is 1. The Morgan fingerprint density at radius 3 is 2.47 bits per heavy atom. The van der Waals surface area contributed by atoms with Crippen molar-refractivity contribution in [3.8, 4) is 0 Å². The highest BCUT2D eigenvalue weighted by atomic mass is 79.9. The summed E-state index contributed by atoms with van der Waals surface area (Å²) in [5.74, 6) is -0.184. The van der Waals surface area contributed by atoms with Gasteiger partial charge in [-0.25, -0.2) is 4.39 Å². The van der Waals surface area contributed by atoms with Gasteiger partial charge in [-0.2, -0.15) is 0 Å². The van der Waals surface area contributed by atoms with Crippen molar-refractivity contribution in [2.45, 2.75) is 6.54 Å². The minimum atomic E-state index is -0.184. The van der Waals surface area contributed by atoms with Crippen molar-refractivity contribution >= 4 is 37.5 Å². The fraction of sp³-hybridized carbons (Fsp3) is 0.0769. The number of hydrogen-bond acceptors (Lipinski definition) is 1. The zero-order valence-corrected chi connectivity index (χ0v) is 12.1. The maximum absolute atomic E-state index is 13.4. The highest BCUT2D eigenvalue weighted by Gasteiger charge is 2.01. The maximum Gasteiger partial charge on any atom is 0.128 e. The first-order valence-electron chi connectivity index (χ1n) is 5.09. The van der Waals surface area contributed by atoms with E-state index < -0.39 is 0 Å². The van der Waals surface area contributed by atoms with Gasteiger partial charge in [0, 0.05) is 26.7 Å². The van der Waals surface area contributed by atoms with Gasteiger partial charge < -0.3 is 5.32 Å². The molecular weight excluding hydrogens is 349 g/mol. The summed E-state index contributed by atoms with van der Waals surface area (Å²) in [6, 6.07) is 12.6. The van der Waals surface area contributed by atoms with Crippen molar-refractivity contribution in [2.75, 3.05) is 5.32 Å². The van der Waals surface area contributed by atoms with Crippen LogP contribution < -0.4 is 5.32 Å². The third kappa shape index (κ3) is 3.30. The van der Waals surface area contributed by atoms with Crippen LogP contribution in [0.5, 0.6) is 0 Å². The first-order valence-corrected chi connectivity index (χ1v) is 6.68. The van der Waals surface area contributed by atoms with Gasteiger partial charge in [-0.3, -0.25) is 0 Å². The van der Waals surface area contributed by atoms with Crippen LogP contribution in [0, 0.1) is 5.82 Å². The summed E-state index contributed by atoms with van der Waals surface area (Å²) in [5, 5.41) is 3.18. The van der Waals surface area contributed by atoms with E-state index in [9.17, 15) is 4.39 Å². The molecule has 0 fully saturated rings. The smallest absolute Gasteiger partial charge is 0.128 e. The predicted molar refractivity (Wildman–Crippen MR) is 75.6 cm³/mol. The molecule has 0 saturated heterocycles. The number of halogens is 3. The molecule has 0 aliphatic carbocycles. The normalized spacial score (nSPS) is 10.3. The lowest BCUT2D eigenvalue weighted by Crippen LogP contribution is -2.01. The summed E-state index contributed by atoms with van der Waals surface area (Å²) < 4.78 is 15.3. The zero-order valence-electron chi connectivity index (χ0n) is 8.88. The fourth-order valence-corrected chi connectivity index (χ4v) is 2.07. The molecule has 88 valence electrons. The molecule has 1 nitrogen and oxygen atoms in total. The molecule has 0 aromatic heterocycles. The van der Waals surface area contributed by atoms with Crippen LogP contribution in [0.2, 0.25) is 0 Å². The molecule has 0 radical (unpaired) electrons. The highest BCUT2D eigenvalue weighted by molar-refractivity contribution is 9.13. The molecule has 2 aromatic carbocycles. The van der Waals surface area contributed by atoms with E-state index in [4.69, 9.17) is 0 Å². The molecule has 17 heavy (non-hydrogen) atoms. The predicted octanol–water partition coefficient (Wildman–Crippen LogP) is 4.96. The Kier molecular flexibility index (Phi) is 4.18. The van der Waals surface area contributed by atoms with Crippen LogP contribution in [0.4, 0.5) is 10.1 Å². The average Bonchev–Trinajstić information content (AvgIpc) is 2.32. The fourth-order valence-electron chi connectivity index (χ4n) is 1.45. The van der Waals surface area contributed by atoms with Gasteiger partial charge in [-0.15, -0.1) is 0 Å². The Bertz CT molecular complexity index is 529. The Labute approximate surface area is 116 Å². The third-order valence-electron chi connectivity index (χ3n) is 2.36. The number of anilines is 1. The van der Waals surface area contributed by atoms with Crippen LogP contribution in [0.25, 0.3) is 0 Å². The lowest BCUT2D eigenvalue weighted by atomic mass is 10.2. The first-order chi connectivity index (χ1) is 8.16. The largest absolute Gasteiger partial charge is 0.381 e. The molecule has 0 unspecified atom stereocenters. The molecule has 0 amide bonds. The van der Waals surface area contributed by atoms with Gasteiger partial charge >= 0.3 is 0 Å². The van der Waals surface area contributed by atoms with Gasteiger partial charge in [0.05, 0.1) is 0 Å². The molecule has 4 heteroatoms. The SMILES string of the molecule is Fc1ccccc1CNc1ccc(Br)c(Br)c1. The average molecular weight is 359 g/mol. The van der Waals surface area contributed by atoms with E-state index in [-0.39, 0.29) is 5.82 Å². The summed E-state index contributed by atoms with van der Waals surface area (Å²) in [6.07, 6.45) is 0. The van der Waals surface area contributed by atoms with E-state index in [1.54, 1.807) is 12.1 Å². The minimum Gasteiger partial charge on any atom is -0.381 e. The van der Waals surface area contributed by atoms with Crippen molar-refractivity contribution in [1.82, 2.24) is 0 Å². The van der Waals surface area contributed by atoms with Crippen molar-refractivity contribution in [3.05, 3.63) is 62.8 Å². The van der Waals surface area contributed by atoms with Crippen molar-refractivity contribution in [2.24, 2.45) is 0 Å². The monoisotopic (exact) mass is 357 g/mol.